The summed E-state index contributed by atoms with van der Waals surface area (Å²) in [5.74, 6) is -2.18. The second-order valence-electron chi connectivity index (χ2n) is 9.93. The first kappa shape index (κ1) is 26.5. The molecule has 1 saturated heterocycles. The minimum absolute atomic E-state index is 0.0144. The predicted molar refractivity (Wildman–Crippen MR) is 131 cm³/mol. The van der Waals surface area contributed by atoms with Crippen molar-refractivity contribution in [2.24, 2.45) is 5.92 Å². The molecule has 0 unspecified atom stereocenters. The molecule has 1 aromatic carbocycles. The van der Waals surface area contributed by atoms with Gasteiger partial charge in [0, 0.05) is 23.6 Å². The Labute approximate surface area is 202 Å². The number of anilines is 1. The molecule has 11 heteroatoms. The van der Waals surface area contributed by atoms with Gasteiger partial charge in [-0.3, -0.25) is 9.36 Å². The number of rotatable bonds is 6. The number of benzene rings is 1. The molecule has 1 N–H and O–H groups in total. The zero-order valence-corrected chi connectivity index (χ0v) is 21.7. The smallest absolute Gasteiger partial charge is 0.394 e. The molecule has 0 radical (unpaired) electrons. The van der Waals surface area contributed by atoms with Crippen LogP contribution in [0.15, 0.2) is 47.4 Å². The molecular weight excluding hydrogens is 483 g/mol. The fraction of sp³-hybridized carbons (Fsp3) is 0.522. The lowest BCUT2D eigenvalue weighted by molar-refractivity contribution is -0.178. The molecule has 186 valence electrons. The Balaban J connectivity index is 1.77. The molecule has 34 heavy (non-hydrogen) atoms. The molecule has 0 saturated carbocycles. The molecule has 6 nitrogen and oxygen atoms in total. The van der Waals surface area contributed by atoms with Crippen molar-refractivity contribution >= 4 is 31.8 Å². The Hall–Kier alpha value is -2.11. The molecule has 3 atom stereocenters. The van der Waals surface area contributed by atoms with Crippen molar-refractivity contribution in [2.45, 2.75) is 62.1 Å². The van der Waals surface area contributed by atoms with Crippen LogP contribution in [0.5, 0.6) is 0 Å². The third-order valence-electron chi connectivity index (χ3n) is 6.43. The third-order valence-corrected chi connectivity index (χ3v) is 12.5. The molecule has 1 fully saturated rings. The highest BCUT2D eigenvalue weighted by Gasteiger charge is 2.52. The SMILES string of the molecule is CC(C)(C)[Si](C)(C)OC[C@H]1C[C@@H](C(F)(F)F)[C@@H](n2ccc(NC(=O)c3ccccc3)nc2=O)S1. The van der Waals surface area contributed by atoms with E-state index in [0.717, 1.165) is 16.3 Å². The van der Waals surface area contributed by atoms with Gasteiger partial charge in [-0.1, -0.05) is 39.0 Å². The lowest BCUT2D eigenvalue weighted by Crippen LogP contribution is -2.42. The van der Waals surface area contributed by atoms with Crippen molar-refractivity contribution in [3.8, 4) is 0 Å². The van der Waals surface area contributed by atoms with Gasteiger partial charge in [0.2, 0.25) is 0 Å². The van der Waals surface area contributed by atoms with E-state index in [0.29, 0.717) is 5.56 Å². The first-order valence-corrected chi connectivity index (χ1v) is 14.9. The van der Waals surface area contributed by atoms with Crippen LogP contribution in [-0.2, 0) is 4.43 Å². The van der Waals surface area contributed by atoms with Gasteiger partial charge in [0.15, 0.2) is 8.32 Å². The van der Waals surface area contributed by atoms with E-state index in [1.165, 1.54) is 12.3 Å². The fourth-order valence-corrected chi connectivity index (χ4v) is 6.16. The van der Waals surface area contributed by atoms with Gasteiger partial charge >= 0.3 is 11.9 Å². The molecule has 1 aliphatic heterocycles. The Bertz CT molecular complexity index is 1070. The molecule has 1 aromatic heterocycles. The first-order chi connectivity index (χ1) is 15.7. The quantitative estimate of drug-likeness (QED) is 0.502. The maximum atomic E-state index is 13.9. The summed E-state index contributed by atoms with van der Waals surface area (Å²) in [6.07, 6.45) is -3.33. The fourth-order valence-electron chi connectivity index (χ4n) is 3.38. The van der Waals surface area contributed by atoms with Crippen LogP contribution in [0.4, 0.5) is 19.0 Å². The van der Waals surface area contributed by atoms with E-state index < -0.39 is 42.6 Å². The van der Waals surface area contributed by atoms with Crippen LogP contribution < -0.4 is 11.0 Å². The van der Waals surface area contributed by atoms with Crippen molar-refractivity contribution in [1.82, 2.24) is 9.55 Å². The van der Waals surface area contributed by atoms with Gasteiger partial charge in [0.25, 0.3) is 5.91 Å². The molecule has 2 heterocycles. The summed E-state index contributed by atoms with van der Waals surface area (Å²) in [5.41, 5.74) is -0.467. The predicted octanol–water partition coefficient (Wildman–Crippen LogP) is 5.70. The highest BCUT2D eigenvalue weighted by Crippen LogP contribution is 2.52. The number of hydrogen-bond acceptors (Lipinski definition) is 5. The number of aromatic nitrogens is 2. The number of nitrogens with one attached hydrogen (secondary N) is 1. The Morgan fingerprint density at radius 1 is 1.21 bits per heavy atom. The van der Waals surface area contributed by atoms with Gasteiger partial charge < -0.3 is 9.74 Å². The summed E-state index contributed by atoms with van der Waals surface area (Å²) in [4.78, 5) is 28.8. The van der Waals surface area contributed by atoms with Crippen LogP contribution in [0.1, 0.15) is 42.9 Å². The largest absolute Gasteiger partial charge is 0.416 e. The monoisotopic (exact) mass is 513 g/mol. The van der Waals surface area contributed by atoms with E-state index in [4.69, 9.17) is 4.43 Å². The van der Waals surface area contributed by atoms with Gasteiger partial charge in [-0.05, 0) is 42.8 Å². The summed E-state index contributed by atoms with van der Waals surface area (Å²) in [6.45, 7) is 10.5. The summed E-state index contributed by atoms with van der Waals surface area (Å²) >= 11 is 1.09. The minimum atomic E-state index is -4.47. The van der Waals surface area contributed by atoms with Crippen molar-refractivity contribution in [2.75, 3.05) is 11.9 Å². The normalized spacial score (nSPS) is 21.5. The van der Waals surface area contributed by atoms with Gasteiger partial charge in [0.05, 0.1) is 11.3 Å². The average Bonchev–Trinajstić information content (AvgIpc) is 3.17. The molecule has 1 amide bonds. The molecule has 1 aliphatic rings. The van der Waals surface area contributed by atoms with Gasteiger partial charge in [0.1, 0.15) is 5.82 Å². The number of carbonyl (C=O) groups excluding carboxylic acids is 1. The van der Waals surface area contributed by atoms with Crippen LogP contribution >= 0.6 is 11.8 Å². The lowest BCUT2D eigenvalue weighted by Gasteiger charge is -2.36. The number of alkyl halides is 3. The van der Waals surface area contributed by atoms with Crippen LogP contribution in [0.3, 0.4) is 0 Å². The summed E-state index contributed by atoms with van der Waals surface area (Å²) < 4.78 is 48.8. The van der Waals surface area contributed by atoms with E-state index in [-0.39, 0.29) is 23.9 Å². The molecule has 0 bridgehead atoms. The molecule has 0 spiro atoms. The van der Waals surface area contributed by atoms with E-state index in [9.17, 15) is 22.8 Å². The number of hydrogen-bond donors (Lipinski definition) is 1. The van der Waals surface area contributed by atoms with Crippen LogP contribution in [0, 0.1) is 5.92 Å². The molecule has 3 rings (SSSR count). The molecule has 0 aliphatic carbocycles. The number of nitrogens with zero attached hydrogens (tertiary/aromatic N) is 2. The third kappa shape index (κ3) is 6.11. The molecular formula is C23H30F3N3O3SSi. The zero-order chi connectivity index (χ0) is 25.3. The van der Waals surface area contributed by atoms with E-state index in [1.807, 2.05) is 0 Å². The summed E-state index contributed by atoms with van der Waals surface area (Å²) in [7, 11) is -2.12. The first-order valence-electron chi connectivity index (χ1n) is 11.0. The van der Waals surface area contributed by atoms with Gasteiger partial charge in [-0.25, -0.2) is 4.79 Å². The zero-order valence-electron chi connectivity index (χ0n) is 19.8. The van der Waals surface area contributed by atoms with E-state index >= 15 is 0 Å². The Kier molecular flexibility index (Phi) is 7.69. The van der Waals surface area contributed by atoms with Crippen LogP contribution in [-0.4, -0.2) is 41.8 Å². The number of carbonyl (C=O) groups is 1. The maximum Gasteiger partial charge on any atom is 0.394 e. The standard InChI is InChI=1S/C23H30F3N3O3SSi/c1-22(2,3)34(4,5)32-14-16-13-17(23(24,25)26)20(33-16)29-12-11-18(28-21(29)31)27-19(30)15-9-7-6-8-10-15/h6-12,16-17,20H,13-14H2,1-5H3,(H,27,28,30,31)/t16-,17-,20+/m1/s1. The number of amides is 1. The highest BCUT2D eigenvalue weighted by atomic mass is 32.2. The molecule has 2 aromatic rings. The maximum absolute atomic E-state index is 13.9. The Morgan fingerprint density at radius 3 is 2.41 bits per heavy atom. The number of halogens is 3. The second kappa shape index (κ2) is 9.86. The van der Waals surface area contributed by atoms with E-state index in [1.54, 1.807) is 30.3 Å². The lowest BCUT2D eigenvalue weighted by atomic mass is 10.0. The second-order valence-corrected chi connectivity index (χ2v) is 16.2. The average molecular weight is 514 g/mol. The van der Waals surface area contributed by atoms with Crippen LogP contribution in [0.2, 0.25) is 18.1 Å². The summed E-state index contributed by atoms with van der Waals surface area (Å²) in [5, 5.41) is 0.915. The van der Waals surface area contributed by atoms with Crippen molar-refractivity contribution in [1.29, 1.82) is 0 Å². The number of thioether (sulfide) groups is 1. The highest BCUT2D eigenvalue weighted by molar-refractivity contribution is 8.00. The van der Waals surface area contributed by atoms with Crippen molar-refractivity contribution < 1.29 is 22.4 Å². The van der Waals surface area contributed by atoms with Gasteiger partial charge in [-0.15, -0.1) is 11.8 Å². The minimum Gasteiger partial charge on any atom is -0.416 e. The summed E-state index contributed by atoms with van der Waals surface area (Å²) in [6, 6.07) is 9.70. The van der Waals surface area contributed by atoms with E-state index in [2.05, 4.69) is 44.2 Å². The topological polar surface area (TPSA) is 73.2 Å². The van der Waals surface area contributed by atoms with Crippen molar-refractivity contribution in [3.05, 3.63) is 58.6 Å². The van der Waals surface area contributed by atoms with Crippen LogP contribution in [0.25, 0.3) is 0 Å². The van der Waals surface area contributed by atoms with Gasteiger partial charge in [-0.2, -0.15) is 18.2 Å². The Morgan fingerprint density at radius 2 is 1.85 bits per heavy atom. The van der Waals surface area contributed by atoms with Crippen molar-refractivity contribution in [3.63, 3.8) is 0 Å².